The summed E-state index contributed by atoms with van der Waals surface area (Å²) in [6.07, 6.45) is -6.08. The molecule has 1 N–H and O–H groups in total. The van der Waals surface area contributed by atoms with Gasteiger partial charge in [0.25, 0.3) is 0 Å². The van der Waals surface area contributed by atoms with Gasteiger partial charge in [-0.3, -0.25) is 9.78 Å². The fourth-order valence-electron chi connectivity index (χ4n) is 2.34. The molecule has 8 heteroatoms. The molecule has 1 aliphatic rings. The molecular formula is C15H9F4NO3. The number of alkyl halides is 4. The van der Waals surface area contributed by atoms with Crippen molar-refractivity contribution < 1.29 is 32.2 Å². The van der Waals surface area contributed by atoms with Crippen LogP contribution in [0, 0.1) is 0 Å². The van der Waals surface area contributed by atoms with Gasteiger partial charge in [0.15, 0.2) is 5.78 Å². The van der Waals surface area contributed by atoms with Crippen LogP contribution in [0.5, 0.6) is 5.75 Å². The fourth-order valence-corrected chi connectivity index (χ4v) is 2.34. The SMILES string of the molecule is O=C(Cc1cc2c(cc1O)C(F)(F)OC2(F)F)c1ccncc1. The van der Waals surface area contributed by atoms with Gasteiger partial charge in [0.1, 0.15) is 5.75 Å². The molecule has 0 atom stereocenters. The molecule has 0 unspecified atom stereocenters. The smallest absolute Gasteiger partial charge is 0.388 e. The molecular weight excluding hydrogens is 318 g/mol. The van der Waals surface area contributed by atoms with Crippen molar-refractivity contribution in [3.63, 3.8) is 0 Å². The summed E-state index contributed by atoms with van der Waals surface area (Å²) in [5.74, 6) is -1.15. The molecule has 0 spiro atoms. The monoisotopic (exact) mass is 327 g/mol. The molecule has 0 amide bonds. The number of pyridine rings is 1. The van der Waals surface area contributed by atoms with Gasteiger partial charge in [0.05, 0.1) is 11.1 Å². The highest BCUT2D eigenvalue weighted by molar-refractivity contribution is 5.97. The number of phenolic OH excluding ortho intramolecular Hbond substituents is 1. The molecule has 0 radical (unpaired) electrons. The minimum Gasteiger partial charge on any atom is -0.508 e. The maximum absolute atomic E-state index is 13.5. The Morgan fingerprint density at radius 1 is 1.09 bits per heavy atom. The highest BCUT2D eigenvalue weighted by Gasteiger charge is 2.57. The van der Waals surface area contributed by atoms with Crippen molar-refractivity contribution in [1.29, 1.82) is 0 Å². The first-order valence-electron chi connectivity index (χ1n) is 6.46. The van der Waals surface area contributed by atoms with Gasteiger partial charge in [-0.15, -0.1) is 0 Å². The van der Waals surface area contributed by atoms with E-state index in [9.17, 15) is 27.5 Å². The van der Waals surface area contributed by atoms with E-state index < -0.39 is 41.3 Å². The number of halogens is 4. The van der Waals surface area contributed by atoms with Crippen molar-refractivity contribution in [3.8, 4) is 5.75 Å². The van der Waals surface area contributed by atoms with E-state index in [1.165, 1.54) is 24.5 Å². The molecule has 0 fully saturated rings. The Bertz CT molecular complexity index is 778. The first-order chi connectivity index (χ1) is 10.7. The minimum absolute atomic E-state index is 0.188. The summed E-state index contributed by atoms with van der Waals surface area (Å²) in [6, 6.07) is 4.01. The molecule has 23 heavy (non-hydrogen) atoms. The van der Waals surface area contributed by atoms with Crippen molar-refractivity contribution in [3.05, 3.63) is 58.9 Å². The normalized spacial score (nSPS) is 17.7. The van der Waals surface area contributed by atoms with Crippen LogP contribution < -0.4 is 0 Å². The van der Waals surface area contributed by atoms with E-state index in [4.69, 9.17) is 0 Å². The van der Waals surface area contributed by atoms with Crippen LogP contribution in [0.3, 0.4) is 0 Å². The number of Topliss-reactive ketones (excluding diaryl/α,β-unsaturated/α-hetero) is 1. The number of hydrogen-bond acceptors (Lipinski definition) is 4. The summed E-state index contributed by atoms with van der Waals surface area (Å²) >= 11 is 0. The zero-order valence-corrected chi connectivity index (χ0v) is 11.4. The van der Waals surface area contributed by atoms with E-state index in [1.54, 1.807) is 0 Å². The quantitative estimate of drug-likeness (QED) is 0.694. The largest absolute Gasteiger partial charge is 0.508 e. The number of ether oxygens (including phenoxy) is 1. The molecule has 1 aromatic carbocycles. The molecule has 4 nitrogen and oxygen atoms in total. The van der Waals surface area contributed by atoms with Crippen molar-refractivity contribution >= 4 is 5.78 Å². The molecule has 1 aromatic heterocycles. The average molecular weight is 327 g/mol. The topological polar surface area (TPSA) is 59.4 Å². The third kappa shape index (κ3) is 2.65. The number of aromatic hydroxyl groups is 1. The first-order valence-corrected chi connectivity index (χ1v) is 6.46. The number of nitrogens with zero attached hydrogens (tertiary/aromatic N) is 1. The fraction of sp³-hybridized carbons (Fsp3) is 0.200. The number of carbonyl (C=O) groups is 1. The van der Waals surface area contributed by atoms with Crippen LogP contribution in [0.4, 0.5) is 17.6 Å². The zero-order valence-electron chi connectivity index (χ0n) is 11.4. The second-order valence-corrected chi connectivity index (χ2v) is 5.00. The lowest BCUT2D eigenvalue weighted by Crippen LogP contribution is -2.17. The van der Waals surface area contributed by atoms with E-state index in [1.807, 2.05) is 0 Å². The van der Waals surface area contributed by atoms with Crippen LogP contribution in [0.15, 0.2) is 36.7 Å². The third-order valence-corrected chi connectivity index (χ3v) is 3.46. The number of benzene rings is 1. The summed E-state index contributed by atoms with van der Waals surface area (Å²) in [4.78, 5) is 15.8. The number of phenols is 1. The molecule has 0 aliphatic carbocycles. The Morgan fingerprint density at radius 3 is 2.26 bits per heavy atom. The summed E-state index contributed by atoms with van der Waals surface area (Å²) in [5.41, 5.74) is -2.10. The van der Waals surface area contributed by atoms with Crippen molar-refractivity contribution in [2.75, 3.05) is 0 Å². The van der Waals surface area contributed by atoms with Crippen LogP contribution in [0.2, 0.25) is 0 Å². The van der Waals surface area contributed by atoms with Crippen LogP contribution in [0.25, 0.3) is 0 Å². The Hall–Kier alpha value is -2.48. The molecule has 0 bridgehead atoms. The van der Waals surface area contributed by atoms with Crippen molar-refractivity contribution in [1.82, 2.24) is 4.98 Å². The second-order valence-electron chi connectivity index (χ2n) is 5.00. The average Bonchev–Trinajstić information content (AvgIpc) is 2.65. The van der Waals surface area contributed by atoms with E-state index in [0.29, 0.717) is 12.1 Å². The summed E-state index contributed by atoms with van der Waals surface area (Å²) in [5, 5.41) is 9.77. The van der Waals surface area contributed by atoms with Gasteiger partial charge in [0, 0.05) is 29.9 Å². The number of rotatable bonds is 3. The third-order valence-electron chi connectivity index (χ3n) is 3.46. The maximum Gasteiger partial charge on any atom is 0.388 e. The first kappa shape index (κ1) is 15.4. The maximum atomic E-state index is 13.5. The Kier molecular flexibility index (Phi) is 3.36. The molecule has 0 saturated heterocycles. The van der Waals surface area contributed by atoms with Crippen molar-refractivity contribution in [2.24, 2.45) is 0 Å². The lowest BCUT2D eigenvalue weighted by Gasteiger charge is -2.10. The zero-order chi connectivity index (χ0) is 16.8. The lowest BCUT2D eigenvalue weighted by atomic mass is 9.98. The van der Waals surface area contributed by atoms with E-state index >= 15 is 0 Å². The number of hydrogen-bond donors (Lipinski definition) is 1. The Labute approximate surface area is 127 Å². The van der Waals surface area contributed by atoms with E-state index in [2.05, 4.69) is 9.72 Å². The number of fused-ring (bicyclic) bond motifs is 1. The Morgan fingerprint density at radius 2 is 1.65 bits per heavy atom. The van der Waals surface area contributed by atoms with Gasteiger partial charge in [-0.1, -0.05) is 0 Å². The predicted molar refractivity (Wildman–Crippen MR) is 69.3 cm³/mol. The summed E-state index contributed by atoms with van der Waals surface area (Å²) in [6.45, 7) is 0. The van der Waals surface area contributed by atoms with Crippen LogP contribution in [0.1, 0.15) is 27.0 Å². The number of aromatic nitrogens is 1. The van der Waals surface area contributed by atoms with Gasteiger partial charge in [-0.2, -0.15) is 17.6 Å². The second kappa shape index (κ2) is 5.02. The lowest BCUT2D eigenvalue weighted by molar-refractivity contribution is -0.369. The Balaban J connectivity index is 1.98. The standard InChI is InChI=1S/C15H9F4NO3/c16-14(17)10-5-9(6-12(21)8-1-3-20-4-2-8)13(22)7-11(10)15(18,19)23-14/h1-5,7,22H,6H2. The van der Waals surface area contributed by atoms with E-state index in [0.717, 1.165) is 0 Å². The molecule has 3 rings (SSSR count). The highest BCUT2D eigenvalue weighted by atomic mass is 19.3. The molecule has 1 aliphatic heterocycles. The predicted octanol–water partition coefficient (Wildman–Crippen LogP) is 3.34. The minimum atomic E-state index is -4.20. The molecule has 120 valence electrons. The molecule has 2 aromatic rings. The van der Waals surface area contributed by atoms with Crippen LogP contribution >= 0.6 is 0 Å². The van der Waals surface area contributed by atoms with Gasteiger partial charge in [-0.25, -0.2) is 4.74 Å². The summed E-state index contributed by atoms with van der Waals surface area (Å²) < 4.78 is 57.3. The van der Waals surface area contributed by atoms with Gasteiger partial charge >= 0.3 is 12.2 Å². The van der Waals surface area contributed by atoms with E-state index in [-0.39, 0.29) is 11.1 Å². The number of carbonyl (C=O) groups excluding carboxylic acids is 1. The molecule has 2 heterocycles. The van der Waals surface area contributed by atoms with Gasteiger partial charge < -0.3 is 5.11 Å². The van der Waals surface area contributed by atoms with Crippen LogP contribution in [-0.4, -0.2) is 15.9 Å². The van der Waals surface area contributed by atoms with Gasteiger partial charge in [-0.05, 0) is 24.3 Å². The van der Waals surface area contributed by atoms with Crippen LogP contribution in [-0.2, 0) is 23.4 Å². The highest BCUT2D eigenvalue weighted by Crippen LogP contribution is 2.52. The number of ketones is 1. The van der Waals surface area contributed by atoms with Crippen molar-refractivity contribution in [2.45, 2.75) is 18.6 Å². The summed E-state index contributed by atoms with van der Waals surface area (Å²) in [7, 11) is 0. The molecule has 0 saturated carbocycles. The van der Waals surface area contributed by atoms with Gasteiger partial charge in [0.2, 0.25) is 0 Å².